The zero-order valence-electron chi connectivity index (χ0n) is 19.6. The molecule has 0 saturated carbocycles. The van der Waals surface area contributed by atoms with Gasteiger partial charge in [-0.3, -0.25) is 9.52 Å². The third kappa shape index (κ3) is 6.69. The predicted molar refractivity (Wildman–Crippen MR) is 127 cm³/mol. The van der Waals surface area contributed by atoms with Gasteiger partial charge in [0, 0.05) is 24.8 Å². The van der Waals surface area contributed by atoms with Crippen molar-refractivity contribution in [2.45, 2.75) is 26.8 Å². The number of hydrogen-bond acceptors (Lipinski definition) is 7. The SMILES string of the molecule is CCN(CC)c1cccc(Oc2nc(C(=O)N[C@H](C)c3cc(F)c(NS(C)(=O)=O)c(F)c3)co2)c1. The maximum Gasteiger partial charge on any atom is 0.399 e. The molecular weight excluding hydrogens is 482 g/mol. The number of halogens is 2. The summed E-state index contributed by atoms with van der Waals surface area (Å²) < 4.78 is 63.8. The molecule has 3 rings (SSSR count). The van der Waals surface area contributed by atoms with Crippen LogP contribution < -0.4 is 19.7 Å². The van der Waals surface area contributed by atoms with Gasteiger partial charge < -0.3 is 19.4 Å². The third-order valence-corrected chi connectivity index (χ3v) is 5.64. The van der Waals surface area contributed by atoms with Crippen molar-refractivity contribution in [3.63, 3.8) is 0 Å². The number of oxazole rings is 1. The maximum absolute atomic E-state index is 14.3. The molecule has 0 spiro atoms. The smallest absolute Gasteiger partial charge is 0.399 e. The van der Waals surface area contributed by atoms with Gasteiger partial charge in [0.1, 0.15) is 17.7 Å². The van der Waals surface area contributed by atoms with Gasteiger partial charge in [0.25, 0.3) is 5.91 Å². The number of amides is 1. The molecule has 9 nitrogen and oxygen atoms in total. The van der Waals surface area contributed by atoms with Crippen molar-refractivity contribution >= 4 is 27.3 Å². The van der Waals surface area contributed by atoms with E-state index in [1.165, 1.54) is 6.92 Å². The quantitative estimate of drug-likeness (QED) is 0.416. The van der Waals surface area contributed by atoms with E-state index >= 15 is 0 Å². The van der Waals surface area contributed by atoms with Crippen molar-refractivity contribution in [3.8, 4) is 11.8 Å². The minimum Gasteiger partial charge on any atom is -0.416 e. The molecule has 3 aromatic rings. The average Bonchev–Trinajstić information content (AvgIpc) is 3.25. The first-order valence-corrected chi connectivity index (χ1v) is 12.7. The monoisotopic (exact) mass is 508 g/mol. The summed E-state index contributed by atoms with van der Waals surface area (Å²) in [5.74, 6) is -2.41. The van der Waals surface area contributed by atoms with Crippen LogP contribution in [0.5, 0.6) is 11.8 Å². The Bertz CT molecular complexity index is 1290. The maximum atomic E-state index is 14.3. The second kappa shape index (κ2) is 10.7. The van der Waals surface area contributed by atoms with Crippen LogP contribution in [0.15, 0.2) is 47.1 Å². The standard InChI is InChI=1S/C23H26F2N4O5S/c1-5-29(6-2)16-8-7-9-17(12-16)34-23-27-20(13-33-23)22(30)26-14(3)15-10-18(24)21(19(25)11-15)28-35(4,31)32/h7-14,28H,5-6H2,1-4H3,(H,26,30)/t14-/m1/s1. The molecule has 0 bridgehead atoms. The van der Waals surface area contributed by atoms with Crippen LogP contribution in [0.2, 0.25) is 0 Å². The fourth-order valence-corrected chi connectivity index (χ4v) is 3.89. The molecular formula is C23H26F2N4O5S. The van der Waals surface area contributed by atoms with Crippen LogP contribution >= 0.6 is 0 Å². The van der Waals surface area contributed by atoms with Gasteiger partial charge in [0.2, 0.25) is 10.0 Å². The molecule has 0 aliphatic rings. The van der Waals surface area contributed by atoms with E-state index in [2.05, 4.69) is 15.2 Å². The first kappa shape index (κ1) is 25.9. The van der Waals surface area contributed by atoms with Crippen LogP contribution in [0.3, 0.4) is 0 Å². The summed E-state index contributed by atoms with van der Waals surface area (Å²) in [5, 5.41) is 2.56. The number of aromatic nitrogens is 1. The Hall–Kier alpha value is -3.67. The fourth-order valence-electron chi connectivity index (χ4n) is 3.32. The largest absolute Gasteiger partial charge is 0.416 e. The summed E-state index contributed by atoms with van der Waals surface area (Å²) in [4.78, 5) is 18.7. The summed E-state index contributed by atoms with van der Waals surface area (Å²) >= 11 is 0. The van der Waals surface area contributed by atoms with Gasteiger partial charge in [0.15, 0.2) is 17.3 Å². The number of carbonyl (C=O) groups excluding carboxylic acids is 1. The van der Waals surface area contributed by atoms with E-state index in [0.29, 0.717) is 5.75 Å². The van der Waals surface area contributed by atoms with Gasteiger partial charge in [0.05, 0.1) is 12.3 Å². The summed E-state index contributed by atoms with van der Waals surface area (Å²) in [6.07, 6.45) is 1.74. The van der Waals surface area contributed by atoms with E-state index in [1.54, 1.807) is 10.8 Å². The number of sulfonamides is 1. The van der Waals surface area contributed by atoms with E-state index in [0.717, 1.165) is 43.4 Å². The Morgan fingerprint density at radius 1 is 1.17 bits per heavy atom. The number of carbonyl (C=O) groups is 1. The minimum atomic E-state index is -3.87. The lowest BCUT2D eigenvalue weighted by Crippen LogP contribution is -2.27. The lowest BCUT2D eigenvalue weighted by atomic mass is 10.1. The highest BCUT2D eigenvalue weighted by Gasteiger charge is 2.20. The summed E-state index contributed by atoms with van der Waals surface area (Å²) in [6, 6.07) is 8.37. The second-order valence-electron chi connectivity index (χ2n) is 7.70. The highest BCUT2D eigenvalue weighted by molar-refractivity contribution is 7.92. The predicted octanol–water partition coefficient (Wildman–Crippen LogP) is 4.45. The number of hydrogen-bond donors (Lipinski definition) is 2. The van der Waals surface area contributed by atoms with Crippen LogP contribution in [0.4, 0.5) is 20.2 Å². The molecule has 0 unspecified atom stereocenters. The fraction of sp³-hybridized carbons (Fsp3) is 0.304. The molecule has 35 heavy (non-hydrogen) atoms. The zero-order valence-corrected chi connectivity index (χ0v) is 20.4. The van der Waals surface area contributed by atoms with Gasteiger partial charge in [-0.05, 0) is 50.6 Å². The van der Waals surface area contributed by atoms with E-state index in [1.807, 2.05) is 32.0 Å². The lowest BCUT2D eigenvalue weighted by Gasteiger charge is -2.21. The molecule has 1 aromatic heterocycles. The molecule has 0 fully saturated rings. The summed E-state index contributed by atoms with van der Waals surface area (Å²) in [5.41, 5.74) is 0.157. The van der Waals surface area contributed by atoms with Crippen LogP contribution in [0.25, 0.3) is 0 Å². The van der Waals surface area contributed by atoms with Crippen LogP contribution in [-0.4, -0.2) is 38.7 Å². The molecule has 1 heterocycles. The number of anilines is 2. The molecule has 1 amide bonds. The Morgan fingerprint density at radius 3 is 2.43 bits per heavy atom. The molecule has 188 valence electrons. The van der Waals surface area contributed by atoms with Crippen molar-refractivity contribution in [1.82, 2.24) is 10.3 Å². The normalized spacial score (nSPS) is 12.2. The van der Waals surface area contributed by atoms with Crippen molar-refractivity contribution in [2.24, 2.45) is 0 Å². The highest BCUT2D eigenvalue weighted by Crippen LogP contribution is 2.27. The van der Waals surface area contributed by atoms with Crippen molar-refractivity contribution in [3.05, 3.63) is 65.6 Å². The lowest BCUT2D eigenvalue weighted by molar-refractivity contribution is 0.0934. The Kier molecular flexibility index (Phi) is 7.95. The topological polar surface area (TPSA) is 114 Å². The number of rotatable bonds is 10. The van der Waals surface area contributed by atoms with Crippen LogP contribution in [0, 0.1) is 11.6 Å². The van der Waals surface area contributed by atoms with E-state index in [-0.39, 0.29) is 17.3 Å². The van der Waals surface area contributed by atoms with Crippen molar-refractivity contribution < 1.29 is 31.1 Å². The Balaban J connectivity index is 1.69. The Labute approximate surface area is 202 Å². The first-order valence-electron chi connectivity index (χ1n) is 10.8. The molecule has 0 saturated heterocycles. The van der Waals surface area contributed by atoms with E-state index in [4.69, 9.17) is 9.15 Å². The van der Waals surface area contributed by atoms with Gasteiger partial charge in [-0.15, -0.1) is 0 Å². The Morgan fingerprint density at radius 2 is 1.83 bits per heavy atom. The van der Waals surface area contributed by atoms with Crippen molar-refractivity contribution in [2.75, 3.05) is 29.0 Å². The van der Waals surface area contributed by atoms with Gasteiger partial charge in [-0.25, -0.2) is 17.2 Å². The number of ether oxygens (including phenoxy) is 1. The zero-order chi connectivity index (χ0) is 25.8. The van der Waals surface area contributed by atoms with E-state index < -0.39 is 39.3 Å². The van der Waals surface area contributed by atoms with Gasteiger partial charge in [-0.1, -0.05) is 6.07 Å². The molecule has 2 N–H and O–H groups in total. The van der Waals surface area contributed by atoms with Crippen LogP contribution in [0.1, 0.15) is 42.9 Å². The molecule has 0 aliphatic carbocycles. The summed E-state index contributed by atoms with van der Waals surface area (Å²) in [7, 11) is -3.87. The van der Waals surface area contributed by atoms with E-state index in [9.17, 15) is 22.0 Å². The first-order chi connectivity index (χ1) is 16.5. The number of benzene rings is 2. The molecule has 0 aliphatic heterocycles. The third-order valence-electron chi connectivity index (χ3n) is 5.07. The van der Waals surface area contributed by atoms with Gasteiger partial charge >= 0.3 is 6.08 Å². The second-order valence-corrected chi connectivity index (χ2v) is 9.45. The molecule has 1 atom stereocenters. The number of nitrogens with zero attached hydrogens (tertiary/aromatic N) is 2. The highest BCUT2D eigenvalue weighted by atomic mass is 32.2. The molecule has 12 heteroatoms. The average molecular weight is 509 g/mol. The van der Waals surface area contributed by atoms with Gasteiger partial charge in [-0.2, -0.15) is 4.98 Å². The van der Waals surface area contributed by atoms with Crippen molar-refractivity contribution in [1.29, 1.82) is 0 Å². The minimum absolute atomic E-state index is 0.0839. The number of nitrogens with one attached hydrogen (secondary N) is 2. The van der Waals surface area contributed by atoms with Crippen LogP contribution in [-0.2, 0) is 10.0 Å². The molecule has 0 radical (unpaired) electrons. The molecule has 2 aromatic carbocycles. The summed E-state index contributed by atoms with van der Waals surface area (Å²) in [6.45, 7) is 7.24.